The van der Waals surface area contributed by atoms with Gasteiger partial charge in [-0.05, 0) is 18.2 Å². The molecule has 0 aliphatic rings. The van der Waals surface area contributed by atoms with E-state index in [2.05, 4.69) is 15.4 Å². The van der Waals surface area contributed by atoms with Crippen LogP contribution >= 0.6 is 11.6 Å². The highest BCUT2D eigenvalue weighted by Crippen LogP contribution is 2.22. The average Bonchev–Trinajstić information content (AvgIpc) is 2.75. The number of halogens is 1. The van der Waals surface area contributed by atoms with Gasteiger partial charge >= 0.3 is 0 Å². The van der Waals surface area contributed by atoms with E-state index < -0.39 is 0 Å². The minimum Gasteiger partial charge on any atom is -0.496 e. The van der Waals surface area contributed by atoms with Crippen molar-refractivity contribution in [3.63, 3.8) is 0 Å². The number of nitrogens with one attached hydrogen (secondary N) is 1. The fourth-order valence-electron chi connectivity index (χ4n) is 1.66. The van der Waals surface area contributed by atoms with Crippen LogP contribution in [0.3, 0.4) is 0 Å². The zero-order valence-electron chi connectivity index (χ0n) is 10.4. The fraction of sp³-hybridized carbons (Fsp3) is 0.333. The van der Waals surface area contributed by atoms with Crippen molar-refractivity contribution in [3.05, 3.63) is 40.9 Å². The molecule has 0 saturated carbocycles. The van der Waals surface area contributed by atoms with Crippen molar-refractivity contribution in [2.75, 3.05) is 7.11 Å². The molecule has 96 valence electrons. The summed E-state index contributed by atoms with van der Waals surface area (Å²) in [6, 6.07) is 5.56. The molecule has 1 heterocycles. The van der Waals surface area contributed by atoms with Crippen molar-refractivity contribution in [2.45, 2.75) is 13.1 Å². The van der Waals surface area contributed by atoms with Crippen LogP contribution in [-0.4, -0.2) is 21.9 Å². The van der Waals surface area contributed by atoms with Gasteiger partial charge in [0.25, 0.3) is 0 Å². The van der Waals surface area contributed by atoms with Crippen molar-refractivity contribution >= 4 is 11.6 Å². The Morgan fingerprint density at radius 3 is 2.89 bits per heavy atom. The zero-order valence-corrected chi connectivity index (χ0v) is 11.1. The number of hydrogen-bond acceptors (Lipinski definition) is 4. The Balaban J connectivity index is 1.95. The van der Waals surface area contributed by atoms with E-state index in [4.69, 9.17) is 16.3 Å². The molecule has 1 N–H and O–H groups in total. The molecular formula is C12H15ClN4O. The van der Waals surface area contributed by atoms with E-state index in [1.807, 2.05) is 25.2 Å². The Labute approximate surface area is 111 Å². The predicted octanol–water partition coefficient (Wildman–Crippen LogP) is 1.77. The van der Waals surface area contributed by atoms with E-state index in [0.29, 0.717) is 18.1 Å². The molecule has 0 aliphatic heterocycles. The fourth-order valence-corrected chi connectivity index (χ4v) is 1.85. The van der Waals surface area contributed by atoms with Crippen molar-refractivity contribution < 1.29 is 4.74 Å². The molecule has 0 atom stereocenters. The summed E-state index contributed by atoms with van der Waals surface area (Å²) in [5.41, 5.74) is 1.01. The van der Waals surface area contributed by atoms with E-state index in [-0.39, 0.29) is 0 Å². The molecule has 0 spiro atoms. The van der Waals surface area contributed by atoms with Crippen LogP contribution in [0.15, 0.2) is 24.5 Å². The van der Waals surface area contributed by atoms with Gasteiger partial charge in [0.1, 0.15) is 12.1 Å². The second-order valence-electron chi connectivity index (χ2n) is 3.89. The first-order chi connectivity index (χ1) is 8.69. The number of methoxy groups -OCH3 is 1. The molecule has 0 saturated heterocycles. The number of nitrogens with zero attached hydrogens (tertiary/aromatic N) is 3. The van der Waals surface area contributed by atoms with E-state index in [0.717, 1.165) is 17.1 Å². The molecule has 0 aliphatic carbocycles. The molecule has 18 heavy (non-hydrogen) atoms. The highest BCUT2D eigenvalue weighted by Gasteiger charge is 2.04. The van der Waals surface area contributed by atoms with Gasteiger partial charge in [-0.1, -0.05) is 11.6 Å². The third kappa shape index (κ3) is 3.21. The monoisotopic (exact) mass is 266 g/mol. The average molecular weight is 267 g/mol. The van der Waals surface area contributed by atoms with Crippen LogP contribution in [0.1, 0.15) is 11.4 Å². The van der Waals surface area contributed by atoms with Gasteiger partial charge in [0, 0.05) is 24.2 Å². The Kier molecular flexibility index (Phi) is 4.17. The quantitative estimate of drug-likeness (QED) is 0.896. The van der Waals surface area contributed by atoms with Crippen LogP contribution in [0.4, 0.5) is 0 Å². The van der Waals surface area contributed by atoms with Crippen molar-refractivity contribution in [1.29, 1.82) is 0 Å². The van der Waals surface area contributed by atoms with E-state index >= 15 is 0 Å². The summed E-state index contributed by atoms with van der Waals surface area (Å²) in [6.07, 6.45) is 1.68. The molecule has 0 bridgehead atoms. The normalized spacial score (nSPS) is 10.6. The lowest BCUT2D eigenvalue weighted by molar-refractivity contribution is 0.407. The summed E-state index contributed by atoms with van der Waals surface area (Å²) < 4.78 is 6.95. The summed E-state index contributed by atoms with van der Waals surface area (Å²) in [5.74, 6) is 1.58. The highest BCUT2D eigenvalue weighted by molar-refractivity contribution is 6.30. The lowest BCUT2D eigenvalue weighted by Gasteiger charge is -2.09. The number of rotatable bonds is 5. The summed E-state index contributed by atoms with van der Waals surface area (Å²) in [6.45, 7) is 1.26. The van der Waals surface area contributed by atoms with Crippen LogP contribution in [-0.2, 0) is 20.1 Å². The lowest BCUT2D eigenvalue weighted by Crippen LogP contribution is -2.14. The summed E-state index contributed by atoms with van der Waals surface area (Å²) in [7, 11) is 3.49. The molecule has 0 radical (unpaired) electrons. The van der Waals surface area contributed by atoms with Crippen LogP contribution in [0.5, 0.6) is 5.75 Å². The summed E-state index contributed by atoms with van der Waals surface area (Å²) in [4.78, 5) is 4.14. The first kappa shape index (κ1) is 12.9. The summed E-state index contributed by atoms with van der Waals surface area (Å²) in [5, 5.41) is 8.14. The van der Waals surface area contributed by atoms with Gasteiger partial charge in [-0.2, -0.15) is 5.10 Å². The maximum atomic E-state index is 5.96. The molecule has 2 aromatic rings. The molecule has 0 amide bonds. The van der Waals surface area contributed by atoms with Crippen molar-refractivity contribution in [1.82, 2.24) is 20.1 Å². The molecule has 5 nitrogen and oxygen atoms in total. The Morgan fingerprint density at radius 2 is 2.22 bits per heavy atom. The number of benzene rings is 1. The van der Waals surface area contributed by atoms with Gasteiger partial charge in [-0.15, -0.1) is 0 Å². The standard InChI is InChI=1S/C12H15ClN4O/c1-17-8-15-12(16-17)7-14-6-9-5-10(13)3-4-11(9)18-2/h3-5,8,14H,6-7H2,1-2H3. The number of aryl methyl sites for hydroxylation is 1. The van der Waals surface area contributed by atoms with Gasteiger partial charge in [-0.3, -0.25) is 4.68 Å². The number of ether oxygens (including phenoxy) is 1. The maximum Gasteiger partial charge on any atom is 0.164 e. The Bertz CT molecular complexity index is 527. The zero-order chi connectivity index (χ0) is 13.0. The van der Waals surface area contributed by atoms with Crippen molar-refractivity contribution in [3.8, 4) is 5.75 Å². The third-order valence-electron chi connectivity index (χ3n) is 2.49. The smallest absolute Gasteiger partial charge is 0.164 e. The third-order valence-corrected chi connectivity index (χ3v) is 2.72. The van der Waals surface area contributed by atoms with Gasteiger partial charge < -0.3 is 10.1 Å². The minimum atomic E-state index is 0.608. The minimum absolute atomic E-state index is 0.608. The van der Waals surface area contributed by atoms with Crippen LogP contribution < -0.4 is 10.1 Å². The van der Waals surface area contributed by atoms with Gasteiger partial charge in [0.2, 0.25) is 0 Å². The maximum absolute atomic E-state index is 5.96. The van der Waals surface area contributed by atoms with Gasteiger partial charge in [-0.25, -0.2) is 4.98 Å². The number of aromatic nitrogens is 3. The van der Waals surface area contributed by atoms with Gasteiger partial charge in [0.05, 0.1) is 13.7 Å². The van der Waals surface area contributed by atoms with Gasteiger partial charge in [0.15, 0.2) is 5.82 Å². The largest absolute Gasteiger partial charge is 0.496 e. The second kappa shape index (κ2) is 5.84. The van der Waals surface area contributed by atoms with Crippen LogP contribution in [0.2, 0.25) is 5.02 Å². The molecule has 2 rings (SSSR count). The first-order valence-electron chi connectivity index (χ1n) is 5.56. The topological polar surface area (TPSA) is 52.0 Å². The Hall–Kier alpha value is -1.59. The summed E-state index contributed by atoms with van der Waals surface area (Å²) >= 11 is 5.96. The second-order valence-corrected chi connectivity index (χ2v) is 4.33. The highest BCUT2D eigenvalue weighted by atomic mass is 35.5. The first-order valence-corrected chi connectivity index (χ1v) is 5.94. The molecule has 1 aromatic carbocycles. The molecule has 0 fully saturated rings. The van der Waals surface area contributed by atoms with E-state index in [9.17, 15) is 0 Å². The molecule has 6 heteroatoms. The Morgan fingerprint density at radius 1 is 1.39 bits per heavy atom. The predicted molar refractivity (Wildman–Crippen MR) is 69.6 cm³/mol. The van der Waals surface area contributed by atoms with Crippen LogP contribution in [0.25, 0.3) is 0 Å². The molecular weight excluding hydrogens is 252 g/mol. The SMILES string of the molecule is COc1ccc(Cl)cc1CNCc1ncn(C)n1. The number of hydrogen-bond donors (Lipinski definition) is 1. The molecule has 1 aromatic heterocycles. The van der Waals surface area contributed by atoms with E-state index in [1.165, 1.54) is 0 Å². The van der Waals surface area contributed by atoms with E-state index in [1.54, 1.807) is 18.1 Å². The van der Waals surface area contributed by atoms with Crippen LogP contribution in [0, 0.1) is 0 Å². The lowest BCUT2D eigenvalue weighted by atomic mass is 10.2. The van der Waals surface area contributed by atoms with Crippen molar-refractivity contribution in [2.24, 2.45) is 7.05 Å². The molecule has 0 unspecified atom stereocenters.